The molecule has 0 saturated heterocycles. The van der Waals surface area contributed by atoms with Gasteiger partial charge in [0.05, 0.1) is 0 Å². The van der Waals surface area contributed by atoms with Crippen molar-refractivity contribution < 1.29 is 0 Å². The second-order valence-electron chi connectivity index (χ2n) is 5.59. The fraction of sp³-hybridized carbons (Fsp3) is 0.450. The summed E-state index contributed by atoms with van der Waals surface area (Å²) in [7, 11) is 0. The number of rotatable bonds is 2. The van der Waals surface area contributed by atoms with Gasteiger partial charge in [-0.15, -0.1) is 0 Å². The predicted molar refractivity (Wildman–Crippen MR) is 100.0 cm³/mol. The Morgan fingerprint density at radius 1 is 0.864 bits per heavy atom. The van der Waals surface area contributed by atoms with Crippen LogP contribution in [0.1, 0.15) is 70.2 Å². The molecule has 0 aliphatic carbocycles. The lowest BCUT2D eigenvalue weighted by molar-refractivity contribution is 0.859. The molecule has 1 aromatic carbocycles. The molecule has 0 saturated carbocycles. The highest BCUT2D eigenvalue weighted by atomic mass is 35.5. The first-order valence-electron chi connectivity index (χ1n) is 8.08. The van der Waals surface area contributed by atoms with Gasteiger partial charge < -0.3 is 0 Å². The zero-order valence-corrected chi connectivity index (χ0v) is 15.8. The van der Waals surface area contributed by atoms with E-state index in [-0.39, 0.29) is 0 Å². The molecule has 2 rings (SSSR count). The molecule has 1 heterocycles. The third-order valence-electron chi connectivity index (χ3n) is 3.10. The van der Waals surface area contributed by atoms with E-state index in [4.69, 9.17) is 11.6 Å². The zero-order valence-electron chi connectivity index (χ0n) is 15.0. The van der Waals surface area contributed by atoms with Crippen molar-refractivity contribution in [2.45, 2.75) is 60.3 Å². The Labute approximate surface area is 141 Å². The maximum Gasteiger partial charge on any atom is 0.0408 e. The van der Waals surface area contributed by atoms with Crippen molar-refractivity contribution in [1.29, 1.82) is 0 Å². The molecule has 1 nitrogen and oxygen atoms in total. The Balaban J connectivity index is 0.000000360. The smallest absolute Gasteiger partial charge is 0.0408 e. The van der Waals surface area contributed by atoms with Crippen LogP contribution in [0.5, 0.6) is 0 Å². The second-order valence-corrected chi connectivity index (χ2v) is 6.03. The van der Waals surface area contributed by atoms with Crippen molar-refractivity contribution in [2.75, 3.05) is 0 Å². The van der Waals surface area contributed by atoms with Crippen LogP contribution in [-0.2, 0) is 0 Å². The summed E-state index contributed by atoms with van der Waals surface area (Å²) in [4.78, 5) is 4.12. The minimum absolute atomic E-state index is 0.568. The van der Waals surface area contributed by atoms with E-state index in [9.17, 15) is 0 Å². The molecule has 0 bridgehead atoms. The lowest BCUT2D eigenvalue weighted by Crippen LogP contribution is -1.88. The van der Waals surface area contributed by atoms with Gasteiger partial charge >= 0.3 is 0 Å². The van der Waals surface area contributed by atoms with Crippen molar-refractivity contribution in [3.63, 3.8) is 0 Å². The molecule has 0 spiro atoms. The predicted octanol–water partition coefficient (Wildman–Crippen LogP) is 7.00. The first kappa shape index (κ1) is 20.7. The summed E-state index contributed by atoms with van der Waals surface area (Å²) in [6, 6.07) is 12.2. The van der Waals surface area contributed by atoms with E-state index in [1.54, 1.807) is 0 Å². The fourth-order valence-electron chi connectivity index (χ4n) is 1.79. The van der Waals surface area contributed by atoms with E-state index in [1.165, 1.54) is 11.1 Å². The third kappa shape index (κ3) is 8.19. The average molecular weight is 320 g/mol. The molecule has 1 aromatic heterocycles. The standard InChI is InChI=1S/C9H11Cl.C9H13N.C2H6/c1-7(2)8-4-3-5-9(10)6-8;1-7(2)9-4-5-10-8(3)6-9;1-2/h3-7H,1-2H3;4-7H,1-3H3;1-2H3. The van der Waals surface area contributed by atoms with Crippen LogP contribution in [0.3, 0.4) is 0 Å². The minimum atomic E-state index is 0.568. The van der Waals surface area contributed by atoms with Crippen LogP contribution >= 0.6 is 11.6 Å². The number of hydrogen-bond donors (Lipinski definition) is 0. The second kappa shape index (κ2) is 11.3. The summed E-state index contributed by atoms with van der Waals surface area (Å²) in [6.07, 6.45) is 1.87. The Hall–Kier alpha value is -1.34. The van der Waals surface area contributed by atoms with Crippen molar-refractivity contribution in [3.8, 4) is 0 Å². The molecule has 0 aliphatic heterocycles. The molecule has 2 aromatic rings. The van der Waals surface area contributed by atoms with Gasteiger partial charge in [0.25, 0.3) is 0 Å². The molecular weight excluding hydrogens is 290 g/mol. The molecule has 0 atom stereocenters. The largest absolute Gasteiger partial charge is 0.262 e. The van der Waals surface area contributed by atoms with E-state index in [2.05, 4.69) is 50.9 Å². The normalized spacial score (nSPS) is 9.73. The number of aromatic nitrogens is 1. The van der Waals surface area contributed by atoms with Crippen LogP contribution in [-0.4, -0.2) is 4.98 Å². The van der Waals surface area contributed by atoms with Crippen molar-refractivity contribution in [1.82, 2.24) is 4.98 Å². The van der Waals surface area contributed by atoms with Gasteiger partial charge in [-0.1, -0.05) is 65.3 Å². The van der Waals surface area contributed by atoms with E-state index < -0.39 is 0 Å². The number of benzene rings is 1. The number of halogens is 1. The van der Waals surface area contributed by atoms with E-state index in [0.717, 1.165) is 10.7 Å². The van der Waals surface area contributed by atoms with Crippen LogP contribution in [0.15, 0.2) is 42.6 Å². The molecular formula is C20H30ClN. The van der Waals surface area contributed by atoms with Crippen LogP contribution in [0.4, 0.5) is 0 Å². The van der Waals surface area contributed by atoms with Crippen LogP contribution in [0.2, 0.25) is 5.02 Å². The van der Waals surface area contributed by atoms with Gasteiger partial charge in [-0.2, -0.15) is 0 Å². The molecule has 122 valence electrons. The zero-order chi connectivity index (χ0) is 17.1. The van der Waals surface area contributed by atoms with Gasteiger partial charge in [0.1, 0.15) is 0 Å². The number of aryl methyl sites for hydroxylation is 1. The summed E-state index contributed by atoms with van der Waals surface area (Å²) in [5, 5.41) is 0.825. The molecule has 0 aliphatic rings. The molecule has 0 amide bonds. The maximum atomic E-state index is 5.79. The van der Waals surface area contributed by atoms with Gasteiger partial charge in [0, 0.05) is 16.9 Å². The lowest BCUT2D eigenvalue weighted by Gasteiger charge is -2.03. The van der Waals surface area contributed by atoms with Gasteiger partial charge in [-0.25, -0.2) is 0 Å². The van der Waals surface area contributed by atoms with Crippen molar-refractivity contribution >= 4 is 11.6 Å². The maximum absolute atomic E-state index is 5.79. The minimum Gasteiger partial charge on any atom is -0.262 e. The van der Waals surface area contributed by atoms with Gasteiger partial charge in [-0.3, -0.25) is 4.98 Å². The van der Waals surface area contributed by atoms with Gasteiger partial charge in [0.2, 0.25) is 0 Å². The molecule has 22 heavy (non-hydrogen) atoms. The fourth-order valence-corrected chi connectivity index (χ4v) is 1.99. The van der Waals surface area contributed by atoms with Crippen molar-refractivity contribution in [2.24, 2.45) is 0 Å². The number of hydrogen-bond acceptors (Lipinski definition) is 1. The highest BCUT2D eigenvalue weighted by Gasteiger charge is 1.97. The third-order valence-corrected chi connectivity index (χ3v) is 3.34. The Kier molecular flexibility index (Phi) is 10.6. The van der Waals surface area contributed by atoms with Crippen molar-refractivity contribution in [3.05, 3.63) is 64.4 Å². The molecule has 0 fully saturated rings. The first-order chi connectivity index (χ1) is 10.4. The number of pyridine rings is 1. The van der Waals surface area contributed by atoms with Gasteiger partial charge in [0.15, 0.2) is 0 Å². The molecule has 0 unspecified atom stereocenters. The quantitative estimate of drug-likeness (QED) is 0.580. The van der Waals surface area contributed by atoms with E-state index in [1.807, 2.05) is 45.2 Å². The first-order valence-corrected chi connectivity index (χ1v) is 8.46. The number of nitrogens with zero attached hydrogens (tertiary/aromatic N) is 1. The van der Waals surface area contributed by atoms with E-state index in [0.29, 0.717) is 11.8 Å². The van der Waals surface area contributed by atoms with Crippen LogP contribution in [0, 0.1) is 6.92 Å². The summed E-state index contributed by atoms with van der Waals surface area (Å²) in [5.74, 6) is 1.18. The van der Waals surface area contributed by atoms with E-state index >= 15 is 0 Å². The highest BCUT2D eigenvalue weighted by Crippen LogP contribution is 2.17. The highest BCUT2D eigenvalue weighted by molar-refractivity contribution is 6.30. The van der Waals surface area contributed by atoms with Gasteiger partial charge in [-0.05, 0) is 54.2 Å². The Bertz CT molecular complexity index is 483. The summed E-state index contributed by atoms with van der Waals surface area (Å²) >= 11 is 5.79. The SMILES string of the molecule is CC.CC(C)c1cccc(Cl)c1.Cc1cc(C(C)C)ccn1. The molecule has 0 radical (unpaired) electrons. The topological polar surface area (TPSA) is 12.9 Å². The molecule has 0 N–H and O–H groups in total. The van der Waals surface area contributed by atoms with Crippen LogP contribution in [0.25, 0.3) is 0 Å². The summed E-state index contributed by atoms with van der Waals surface area (Å²) in [5.41, 5.74) is 3.77. The molecule has 2 heteroatoms. The summed E-state index contributed by atoms with van der Waals surface area (Å²) < 4.78 is 0. The average Bonchev–Trinajstić information content (AvgIpc) is 2.50. The monoisotopic (exact) mass is 319 g/mol. The Morgan fingerprint density at radius 3 is 1.77 bits per heavy atom. The summed E-state index contributed by atoms with van der Waals surface area (Å²) in [6.45, 7) is 14.7. The van der Waals surface area contributed by atoms with Crippen LogP contribution < -0.4 is 0 Å². The Morgan fingerprint density at radius 2 is 1.41 bits per heavy atom. The lowest BCUT2D eigenvalue weighted by atomic mass is 10.0.